The van der Waals surface area contributed by atoms with Crippen LogP contribution in [0.5, 0.6) is 0 Å². The minimum Gasteiger partial charge on any atom is -0.458 e. The largest absolute Gasteiger partial charge is 0.458 e. The average Bonchev–Trinajstić information content (AvgIpc) is 3.40. The molecule has 1 aliphatic heterocycles. The fraction of sp³-hybridized carbons (Fsp3) is 0.765. The summed E-state index contributed by atoms with van der Waals surface area (Å²) in [4.78, 5) is 29.3. The van der Waals surface area contributed by atoms with E-state index < -0.39 is 76.3 Å². The number of esters is 2. The number of ether oxygens (including phenoxy) is 6. The molecule has 1 aromatic carbocycles. The highest BCUT2D eigenvalue weighted by atomic mass is 16.6. The van der Waals surface area contributed by atoms with Gasteiger partial charge in [-0.25, -0.2) is 4.79 Å². The summed E-state index contributed by atoms with van der Waals surface area (Å²) in [5.74, 6) is -2.55. The molecule has 6 fully saturated rings. The van der Waals surface area contributed by atoms with Gasteiger partial charge in [0.2, 0.25) is 0 Å². The lowest BCUT2D eigenvalue weighted by atomic mass is 9.42. The van der Waals surface area contributed by atoms with Crippen molar-refractivity contribution in [3.05, 3.63) is 35.9 Å². The van der Waals surface area contributed by atoms with Crippen molar-refractivity contribution in [3.63, 3.8) is 0 Å². The molecule has 6 aliphatic rings. The van der Waals surface area contributed by atoms with Crippen LogP contribution in [-0.2, 0) is 33.2 Å². The van der Waals surface area contributed by atoms with E-state index in [0.29, 0.717) is 31.7 Å². The third kappa shape index (κ3) is 3.72. The molecule has 2 N–H and O–H groups in total. The van der Waals surface area contributed by atoms with Gasteiger partial charge in [-0.1, -0.05) is 25.1 Å². The van der Waals surface area contributed by atoms with Crippen molar-refractivity contribution in [2.75, 3.05) is 48.1 Å². The number of carbonyl (C=O) groups excluding carboxylic acids is 2. The predicted molar refractivity (Wildman–Crippen MR) is 159 cm³/mol. The van der Waals surface area contributed by atoms with Crippen LogP contribution in [-0.4, -0.2) is 123 Å². The summed E-state index contributed by atoms with van der Waals surface area (Å²) in [6.45, 7) is 5.08. The van der Waals surface area contributed by atoms with Crippen LogP contribution in [0.25, 0.3) is 0 Å². The van der Waals surface area contributed by atoms with Crippen LogP contribution >= 0.6 is 0 Å². The lowest BCUT2D eigenvalue weighted by Gasteiger charge is -2.70. The Kier molecular flexibility index (Phi) is 7.48. The Balaban J connectivity index is 1.50. The molecule has 1 aromatic rings. The highest BCUT2D eigenvalue weighted by Gasteiger charge is 2.90. The van der Waals surface area contributed by atoms with Crippen LogP contribution in [0.3, 0.4) is 0 Å². The number of fused-ring (bicyclic) bond motifs is 2. The number of piperidine rings is 1. The standard InChI is InChI=1S/C34H47NO10/c1-7-35-16-31(17-40-3)21(37)13-22(41-4)34-20-14-32(39)23(42-5)15-33(45-18(2)36,25(28(34)35)26(43-6)27(31)34)24(20)29(32)44-30(38)19-11-9-8-10-12-19/h8-12,20-29,37,39H,7,13-17H2,1-6H3/t20-,21-,22+,23+,24-,25+,26+,27-,28+,29-,31+,32+,33-,34-/m1/s1. The Bertz CT molecular complexity index is 1330. The molecular weight excluding hydrogens is 582 g/mol. The van der Waals surface area contributed by atoms with Crippen LogP contribution in [0, 0.1) is 34.5 Å². The van der Waals surface area contributed by atoms with Crippen LogP contribution in [0.1, 0.15) is 43.5 Å². The summed E-state index contributed by atoms with van der Waals surface area (Å²) in [5, 5.41) is 24.8. The highest BCUT2D eigenvalue weighted by molar-refractivity contribution is 5.89. The number of aliphatic hydroxyl groups is 2. The van der Waals surface area contributed by atoms with E-state index >= 15 is 0 Å². The third-order valence-corrected chi connectivity index (χ3v) is 13.1. The van der Waals surface area contributed by atoms with Crippen LogP contribution in [0.2, 0.25) is 0 Å². The Labute approximate surface area is 264 Å². The second kappa shape index (κ2) is 10.7. The zero-order chi connectivity index (χ0) is 32.1. The van der Waals surface area contributed by atoms with Gasteiger partial charge in [0.05, 0.1) is 36.6 Å². The van der Waals surface area contributed by atoms with Gasteiger partial charge in [-0.15, -0.1) is 0 Å². The van der Waals surface area contributed by atoms with Crippen molar-refractivity contribution in [2.24, 2.45) is 34.5 Å². The zero-order valence-electron chi connectivity index (χ0n) is 27.0. The van der Waals surface area contributed by atoms with Crippen LogP contribution in [0.4, 0.5) is 0 Å². The quantitative estimate of drug-likeness (QED) is 0.387. The first-order chi connectivity index (χ1) is 21.5. The maximum atomic E-state index is 13.7. The van der Waals surface area contributed by atoms with Gasteiger partial charge in [0.15, 0.2) is 0 Å². The number of methoxy groups -OCH3 is 4. The molecule has 1 spiro atoms. The molecule has 0 unspecified atom stereocenters. The summed E-state index contributed by atoms with van der Waals surface area (Å²) in [7, 11) is 6.58. The lowest BCUT2D eigenvalue weighted by molar-refractivity contribution is -0.300. The Hall–Kier alpha value is -2.12. The second-order valence-electron chi connectivity index (χ2n) is 14.4. The van der Waals surface area contributed by atoms with E-state index in [2.05, 4.69) is 11.8 Å². The molecule has 1 heterocycles. The normalized spacial score (nSPS) is 49.1. The first kappa shape index (κ1) is 31.5. The minimum atomic E-state index is -1.55. The number of rotatable bonds is 9. The van der Waals surface area contributed by atoms with Crippen LogP contribution in [0.15, 0.2) is 30.3 Å². The minimum absolute atomic E-state index is 0.163. The molecule has 7 bridgehead atoms. The molecule has 0 amide bonds. The fourth-order valence-corrected chi connectivity index (χ4v) is 12.2. The molecular formula is C34H47NO10. The average molecular weight is 630 g/mol. The van der Waals surface area contributed by atoms with Crippen molar-refractivity contribution >= 4 is 11.9 Å². The number of nitrogens with zero attached hydrogens (tertiary/aromatic N) is 1. The van der Waals surface area contributed by atoms with Gasteiger partial charge in [0, 0.05) is 89.4 Å². The highest BCUT2D eigenvalue weighted by Crippen LogP contribution is 2.80. The van der Waals surface area contributed by atoms with E-state index in [1.165, 1.54) is 6.92 Å². The topological polar surface area (TPSA) is 133 Å². The number of hydrogen-bond donors (Lipinski definition) is 2. The Morgan fingerprint density at radius 2 is 1.71 bits per heavy atom. The van der Waals surface area contributed by atoms with Gasteiger partial charge >= 0.3 is 11.9 Å². The molecule has 1 saturated heterocycles. The van der Waals surface area contributed by atoms with E-state index in [1.54, 1.807) is 52.7 Å². The zero-order valence-corrected chi connectivity index (χ0v) is 27.0. The molecule has 248 valence electrons. The summed E-state index contributed by atoms with van der Waals surface area (Å²) in [6, 6.07) is 8.56. The molecule has 14 atom stereocenters. The smallest absolute Gasteiger partial charge is 0.338 e. The molecule has 45 heavy (non-hydrogen) atoms. The maximum Gasteiger partial charge on any atom is 0.338 e. The summed E-state index contributed by atoms with van der Waals surface area (Å²) < 4.78 is 37.9. The van der Waals surface area contributed by atoms with Gasteiger partial charge in [-0.05, 0) is 31.0 Å². The molecule has 0 aromatic heterocycles. The third-order valence-electron chi connectivity index (χ3n) is 13.1. The van der Waals surface area contributed by atoms with E-state index in [0.717, 1.165) is 0 Å². The van der Waals surface area contributed by atoms with Crippen molar-refractivity contribution in [2.45, 2.75) is 80.9 Å². The number of hydrogen-bond acceptors (Lipinski definition) is 11. The summed E-state index contributed by atoms with van der Waals surface area (Å²) in [6.07, 6.45) is -2.55. The second-order valence-corrected chi connectivity index (χ2v) is 14.4. The number of benzene rings is 1. The van der Waals surface area contributed by atoms with Gasteiger partial charge in [-0.2, -0.15) is 0 Å². The summed E-state index contributed by atoms with van der Waals surface area (Å²) in [5.41, 5.74) is -3.74. The molecule has 7 rings (SSSR count). The SMILES string of the molecule is CCN1C[C@]2(COC)[C@H](O)C[C@H](OC)[C@]34[C@@H]5C[C@]6(O)[C@@H](OC)C[C@@](OC(C)=O)([C@H]5[C@H]6OC(=O)c5ccccc5)[C@@H]([C@H](OC)[C@H]23)[C@H]14. The van der Waals surface area contributed by atoms with Gasteiger partial charge < -0.3 is 38.6 Å². The number of likely N-dealkylation sites (tertiary alicyclic amines) is 1. The van der Waals surface area contributed by atoms with Gasteiger partial charge in [0.25, 0.3) is 0 Å². The monoisotopic (exact) mass is 629 g/mol. The molecule has 5 saturated carbocycles. The van der Waals surface area contributed by atoms with Gasteiger partial charge in [0.1, 0.15) is 17.3 Å². The van der Waals surface area contributed by atoms with E-state index in [9.17, 15) is 19.8 Å². The molecule has 11 heteroatoms. The number of aliphatic hydroxyl groups excluding tert-OH is 1. The summed E-state index contributed by atoms with van der Waals surface area (Å²) >= 11 is 0. The van der Waals surface area contributed by atoms with E-state index in [-0.39, 0.29) is 30.7 Å². The lowest BCUT2D eigenvalue weighted by Crippen LogP contribution is -2.79. The van der Waals surface area contributed by atoms with Crippen molar-refractivity contribution in [3.8, 4) is 0 Å². The molecule has 11 nitrogen and oxygen atoms in total. The molecule has 5 aliphatic carbocycles. The van der Waals surface area contributed by atoms with Gasteiger partial charge in [-0.3, -0.25) is 9.69 Å². The van der Waals surface area contributed by atoms with Crippen molar-refractivity contribution in [1.29, 1.82) is 0 Å². The number of carbonyl (C=O) groups is 2. The van der Waals surface area contributed by atoms with Crippen molar-refractivity contribution < 1.29 is 48.2 Å². The Morgan fingerprint density at radius 3 is 2.31 bits per heavy atom. The fourth-order valence-electron chi connectivity index (χ4n) is 12.2. The Morgan fingerprint density at radius 1 is 1.00 bits per heavy atom. The van der Waals surface area contributed by atoms with Crippen molar-refractivity contribution in [1.82, 2.24) is 4.90 Å². The van der Waals surface area contributed by atoms with E-state index in [4.69, 9.17) is 28.4 Å². The molecule has 0 radical (unpaired) electrons. The van der Waals surface area contributed by atoms with E-state index in [1.807, 2.05) is 6.07 Å². The first-order valence-corrected chi connectivity index (χ1v) is 16.2. The first-order valence-electron chi connectivity index (χ1n) is 16.2. The van der Waals surface area contributed by atoms with Crippen LogP contribution < -0.4 is 0 Å². The maximum absolute atomic E-state index is 13.7. The predicted octanol–water partition coefficient (Wildman–Crippen LogP) is 1.68.